The number of hydrogen-bond acceptors (Lipinski definition) is 3. The zero-order valence-electron chi connectivity index (χ0n) is 14.3. The number of amides is 2. The number of nitrogens with zero attached hydrogens (tertiary/aromatic N) is 1. The molecule has 2 amide bonds. The Kier molecular flexibility index (Phi) is 4.34. The Labute approximate surface area is 151 Å². The van der Waals surface area contributed by atoms with Crippen molar-refractivity contribution in [2.75, 3.05) is 11.9 Å². The number of benzene rings is 1. The smallest absolute Gasteiger partial charge is 0.254 e. The van der Waals surface area contributed by atoms with Crippen LogP contribution in [0.3, 0.4) is 0 Å². The maximum atomic E-state index is 12.9. The molecule has 2 fully saturated rings. The van der Waals surface area contributed by atoms with Gasteiger partial charge in [-0.1, -0.05) is 13.0 Å². The van der Waals surface area contributed by atoms with E-state index in [1.807, 2.05) is 35.2 Å². The fourth-order valence-corrected chi connectivity index (χ4v) is 4.44. The van der Waals surface area contributed by atoms with Crippen molar-refractivity contribution in [3.05, 3.63) is 52.2 Å². The average Bonchev–Trinajstić information content (AvgIpc) is 3.04. The van der Waals surface area contributed by atoms with Crippen LogP contribution in [0.2, 0.25) is 0 Å². The summed E-state index contributed by atoms with van der Waals surface area (Å²) in [5.41, 5.74) is 1.44. The molecule has 25 heavy (non-hydrogen) atoms. The molecule has 1 saturated carbocycles. The third kappa shape index (κ3) is 3.33. The molecule has 1 saturated heterocycles. The molecular weight excluding hydrogens is 332 g/mol. The molecule has 5 heteroatoms. The third-order valence-corrected chi connectivity index (χ3v) is 6.20. The van der Waals surface area contributed by atoms with Crippen LogP contribution in [0.5, 0.6) is 0 Å². The fraction of sp³-hybridized carbons (Fsp3) is 0.400. The molecule has 3 unspecified atom stereocenters. The van der Waals surface area contributed by atoms with Gasteiger partial charge in [0.15, 0.2) is 0 Å². The summed E-state index contributed by atoms with van der Waals surface area (Å²) in [4.78, 5) is 28.1. The number of anilines is 1. The highest BCUT2D eigenvalue weighted by Crippen LogP contribution is 2.38. The van der Waals surface area contributed by atoms with Gasteiger partial charge in [-0.15, -0.1) is 11.3 Å². The number of nitrogens with one attached hydrogen (secondary N) is 1. The van der Waals surface area contributed by atoms with Crippen molar-refractivity contribution in [3.8, 4) is 0 Å². The summed E-state index contributed by atoms with van der Waals surface area (Å²) in [5.74, 6) is 0.802. The number of carbonyl (C=O) groups is 2. The number of likely N-dealkylation sites (tertiary alicyclic amines) is 1. The number of rotatable bonds is 4. The van der Waals surface area contributed by atoms with Crippen LogP contribution in [-0.4, -0.2) is 23.3 Å². The lowest BCUT2D eigenvalue weighted by molar-refractivity contribution is -0.117. The molecule has 3 atom stereocenters. The van der Waals surface area contributed by atoms with Crippen LogP contribution in [0.4, 0.5) is 5.69 Å². The molecule has 2 heterocycles. The third-order valence-electron chi connectivity index (χ3n) is 5.23. The van der Waals surface area contributed by atoms with Gasteiger partial charge >= 0.3 is 0 Å². The molecule has 0 bridgehead atoms. The van der Waals surface area contributed by atoms with Crippen molar-refractivity contribution in [3.63, 3.8) is 0 Å². The molecule has 1 aromatic carbocycles. The molecule has 2 aromatic rings. The van der Waals surface area contributed by atoms with E-state index in [1.54, 1.807) is 11.3 Å². The van der Waals surface area contributed by atoms with Gasteiger partial charge in [0.25, 0.3) is 5.91 Å². The van der Waals surface area contributed by atoms with E-state index < -0.39 is 0 Å². The Morgan fingerprint density at radius 1 is 1.20 bits per heavy atom. The zero-order chi connectivity index (χ0) is 17.4. The van der Waals surface area contributed by atoms with Crippen LogP contribution in [-0.2, 0) is 4.79 Å². The van der Waals surface area contributed by atoms with E-state index in [0.29, 0.717) is 11.5 Å². The first kappa shape index (κ1) is 16.3. The second-order valence-corrected chi connectivity index (χ2v) is 8.04. The molecule has 1 aliphatic heterocycles. The van der Waals surface area contributed by atoms with Crippen LogP contribution in [0.1, 0.15) is 47.5 Å². The standard InChI is InChI=1S/C20H22N2O2S/c1-13-12-16(13)19(23)21-15-8-6-14(7-9-15)20(24)22-10-2-4-17(22)18-5-3-11-25-18/h3,5-9,11,13,16-17H,2,4,10,12H2,1H3,(H,21,23). The SMILES string of the molecule is CC1CC1C(=O)Nc1ccc(C(=O)N2CCCC2c2cccs2)cc1. The first-order valence-corrected chi connectivity index (χ1v) is 9.77. The summed E-state index contributed by atoms with van der Waals surface area (Å²) >= 11 is 1.71. The zero-order valence-corrected chi connectivity index (χ0v) is 15.1. The fourth-order valence-electron chi connectivity index (χ4n) is 3.57. The quantitative estimate of drug-likeness (QED) is 0.889. The van der Waals surface area contributed by atoms with Crippen molar-refractivity contribution in [2.24, 2.45) is 11.8 Å². The highest BCUT2D eigenvalue weighted by molar-refractivity contribution is 7.10. The van der Waals surface area contributed by atoms with E-state index in [9.17, 15) is 9.59 Å². The van der Waals surface area contributed by atoms with Gasteiger partial charge in [-0.3, -0.25) is 9.59 Å². The van der Waals surface area contributed by atoms with Gasteiger partial charge in [-0.2, -0.15) is 0 Å². The molecule has 4 nitrogen and oxygen atoms in total. The summed E-state index contributed by atoms with van der Waals surface area (Å²) in [6.45, 7) is 2.89. The van der Waals surface area contributed by atoms with Crippen molar-refractivity contribution in [1.29, 1.82) is 0 Å². The summed E-state index contributed by atoms with van der Waals surface area (Å²) < 4.78 is 0. The van der Waals surface area contributed by atoms with Crippen LogP contribution < -0.4 is 5.32 Å². The summed E-state index contributed by atoms with van der Waals surface area (Å²) in [7, 11) is 0. The lowest BCUT2D eigenvalue weighted by atomic mass is 10.1. The lowest BCUT2D eigenvalue weighted by Crippen LogP contribution is -2.30. The van der Waals surface area contributed by atoms with Gasteiger partial charge in [0, 0.05) is 28.6 Å². The van der Waals surface area contributed by atoms with E-state index in [2.05, 4.69) is 23.7 Å². The minimum absolute atomic E-state index is 0.0737. The van der Waals surface area contributed by atoms with Crippen LogP contribution in [0.25, 0.3) is 0 Å². The van der Waals surface area contributed by atoms with Gasteiger partial charge in [0.2, 0.25) is 5.91 Å². The van der Waals surface area contributed by atoms with Crippen molar-refractivity contribution in [2.45, 2.75) is 32.2 Å². The van der Waals surface area contributed by atoms with Crippen LogP contribution in [0.15, 0.2) is 41.8 Å². The molecule has 0 radical (unpaired) electrons. The van der Waals surface area contributed by atoms with E-state index in [-0.39, 0.29) is 23.8 Å². The predicted octanol–water partition coefficient (Wildman–Crippen LogP) is 4.32. The minimum Gasteiger partial charge on any atom is -0.331 e. The summed E-state index contributed by atoms with van der Waals surface area (Å²) in [6.07, 6.45) is 3.05. The average molecular weight is 354 g/mol. The van der Waals surface area contributed by atoms with E-state index >= 15 is 0 Å². The lowest BCUT2D eigenvalue weighted by Gasteiger charge is -2.24. The van der Waals surface area contributed by atoms with E-state index in [1.165, 1.54) is 4.88 Å². The number of thiophene rings is 1. The Bertz CT molecular complexity index is 770. The molecule has 1 aliphatic carbocycles. The molecule has 1 aromatic heterocycles. The second kappa shape index (κ2) is 6.64. The Balaban J connectivity index is 1.44. The molecule has 0 spiro atoms. The van der Waals surface area contributed by atoms with E-state index in [4.69, 9.17) is 0 Å². The molecular formula is C20H22N2O2S. The highest BCUT2D eigenvalue weighted by Gasteiger charge is 2.39. The summed E-state index contributed by atoms with van der Waals surface area (Å²) in [6, 6.07) is 11.6. The molecule has 130 valence electrons. The maximum Gasteiger partial charge on any atom is 0.254 e. The highest BCUT2D eigenvalue weighted by atomic mass is 32.1. The summed E-state index contributed by atoms with van der Waals surface area (Å²) in [5, 5.41) is 5.00. The number of hydrogen-bond donors (Lipinski definition) is 1. The first-order valence-electron chi connectivity index (χ1n) is 8.89. The molecule has 1 N–H and O–H groups in total. The van der Waals surface area contributed by atoms with Crippen LogP contribution >= 0.6 is 11.3 Å². The second-order valence-electron chi connectivity index (χ2n) is 7.06. The largest absolute Gasteiger partial charge is 0.331 e. The monoisotopic (exact) mass is 354 g/mol. The molecule has 4 rings (SSSR count). The van der Waals surface area contributed by atoms with Crippen molar-refractivity contribution < 1.29 is 9.59 Å². The van der Waals surface area contributed by atoms with Gasteiger partial charge in [0.1, 0.15) is 0 Å². The Hall–Kier alpha value is -2.14. The van der Waals surface area contributed by atoms with Gasteiger partial charge in [-0.05, 0) is 60.9 Å². The van der Waals surface area contributed by atoms with Crippen molar-refractivity contribution >= 4 is 28.8 Å². The Morgan fingerprint density at radius 3 is 2.60 bits per heavy atom. The Morgan fingerprint density at radius 2 is 1.96 bits per heavy atom. The van der Waals surface area contributed by atoms with Crippen LogP contribution in [0, 0.1) is 11.8 Å². The maximum absolute atomic E-state index is 12.9. The van der Waals surface area contributed by atoms with E-state index in [0.717, 1.165) is 31.5 Å². The normalized spacial score (nSPS) is 25.0. The number of carbonyl (C=O) groups excluding carboxylic acids is 2. The van der Waals surface area contributed by atoms with Gasteiger partial charge in [-0.25, -0.2) is 0 Å². The molecule has 2 aliphatic rings. The topological polar surface area (TPSA) is 49.4 Å². The predicted molar refractivity (Wildman–Crippen MR) is 99.7 cm³/mol. The first-order chi connectivity index (χ1) is 12.1. The van der Waals surface area contributed by atoms with Gasteiger partial charge in [0.05, 0.1) is 6.04 Å². The minimum atomic E-state index is 0.0737. The van der Waals surface area contributed by atoms with Gasteiger partial charge < -0.3 is 10.2 Å². The van der Waals surface area contributed by atoms with Crippen molar-refractivity contribution in [1.82, 2.24) is 4.90 Å².